The molecule has 0 saturated heterocycles. The molecule has 3 rings (SSSR count). The van der Waals surface area contributed by atoms with E-state index in [1.165, 1.54) is 4.70 Å². The van der Waals surface area contributed by atoms with Gasteiger partial charge in [-0.1, -0.05) is 12.1 Å². The summed E-state index contributed by atoms with van der Waals surface area (Å²) in [6.07, 6.45) is 2.30. The number of rotatable bonds is 5. The highest BCUT2D eigenvalue weighted by molar-refractivity contribution is 7.18. The van der Waals surface area contributed by atoms with Gasteiger partial charge in [0.15, 0.2) is 0 Å². The number of thiazole rings is 1. The van der Waals surface area contributed by atoms with Gasteiger partial charge in [0, 0.05) is 25.1 Å². The molecule has 0 aliphatic heterocycles. The highest BCUT2D eigenvalue weighted by atomic mass is 32.1. The molecule has 4 heteroatoms. The molecular weight excluding hydrogens is 232 g/mol. The van der Waals surface area contributed by atoms with E-state index in [9.17, 15) is 5.11 Å². The van der Waals surface area contributed by atoms with Gasteiger partial charge in [-0.15, -0.1) is 11.3 Å². The normalized spacial score (nSPS) is 17.5. The van der Waals surface area contributed by atoms with Crippen LogP contribution in [0.3, 0.4) is 0 Å². The molecule has 17 heavy (non-hydrogen) atoms. The largest absolute Gasteiger partial charge is 0.396 e. The maximum atomic E-state index is 9.22. The lowest BCUT2D eigenvalue weighted by molar-refractivity contribution is 0.207. The first-order valence-corrected chi connectivity index (χ1v) is 6.79. The second-order valence-corrected chi connectivity index (χ2v) is 5.95. The topological polar surface area (TPSA) is 45.1 Å². The number of para-hydroxylation sites is 1. The van der Waals surface area contributed by atoms with Gasteiger partial charge in [-0.3, -0.25) is 0 Å². The second-order valence-electron chi connectivity index (χ2n) is 4.84. The van der Waals surface area contributed by atoms with Crippen molar-refractivity contribution in [1.29, 1.82) is 0 Å². The predicted molar refractivity (Wildman–Crippen MR) is 70.1 cm³/mol. The van der Waals surface area contributed by atoms with Crippen LogP contribution in [-0.2, 0) is 6.54 Å². The Morgan fingerprint density at radius 1 is 1.35 bits per heavy atom. The summed E-state index contributed by atoms with van der Waals surface area (Å²) in [5, 5.41) is 13.7. The van der Waals surface area contributed by atoms with Gasteiger partial charge in [0.2, 0.25) is 0 Å². The quantitative estimate of drug-likeness (QED) is 0.852. The number of fused-ring (bicyclic) bond motifs is 1. The summed E-state index contributed by atoms with van der Waals surface area (Å²) in [6.45, 7) is 2.01. The van der Waals surface area contributed by atoms with Crippen molar-refractivity contribution in [2.75, 3.05) is 13.2 Å². The molecule has 1 saturated carbocycles. The Morgan fingerprint density at radius 3 is 2.88 bits per heavy atom. The summed E-state index contributed by atoms with van der Waals surface area (Å²) in [4.78, 5) is 4.57. The molecule has 1 aliphatic carbocycles. The second kappa shape index (κ2) is 4.37. The third kappa shape index (κ3) is 2.34. The molecule has 2 N–H and O–H groups in total. The third-order valence-corrected chi connectivity index (χ3v) is 4.44. The minimum absolute atomic E-state index is 0.177. The van der Waals surface area contributed by atoms with E-state index in [0.717, 1.165) is 36.5 Å². The van der Waals surface area contributed by atoms with E-state index >= 15 is 0 Å². The van der Waals surface area contributed by atoms with Crippen molar-refractivity contribution in [3.05, 3.63) is 29.3 Å². The Balaban J connectivity index is 1.61. The van der Waals surface area contributed by atoms with Gasteiger partial charge in [-0.05, 0) is 25.0 Å². The lowest BCUT2D eigenvalue weighted by atomic mass is 10.1. The summed E-state index contributed by atoms with van der Waals surface area (Å²) in [7, 11) is 0. The van der Waals surface area contributed by atoms with Crippen molar-refractivity contribution in [3.8, 4) is 0 Å². The Bertz CT molecular complexity index is 486. The number of hydrogen-bond acceptors (Lipinski definition) is 4. The lowest BCUT2D eigenvalue weighted by Crippen LogP contribution is -2.25. The minimum atomic E-state index is 0.177. The molecule has 0 spiro atoms. The predicted octanol–water partition coefficient (Wildman–Crippen LogP) is 2.16. The summed E-state index contributed by atoms with van der Waals surface area (Å²) in [5.41, 5.74) is 1.26. The van der Waals surface area contributed by atoms with Crippen LogP contribution in [0.2, 0.25) is 0 Å². The molecule has 3 nitrogen and oxygen atoms in total. The van der Waals surface area contributed by atoms with Gasteiger partial charge < -0.3 is 10.4 Å². The van der Waals surface area contributed by atoms with Crippen molar-refractivity contribution in [2.45, 2.75) is 19.4 Å². The lowest BCUT2D eigenvalue weighted by Gasteiger charge is -2.11. The average molecular weight is 248 g/mol. The first kappa shape index (κ1) is 11.1. The van der Waals surface area contributed by atoms with Crippen LogP contribution in [0.1, 0.15) is 17.8 Å². The zero-order chi connectivity index (χ0) is 11.7. The van der Waals surface area contributed by atoms with Crippen LogP contribution in [-0.4, -0.2) is 23.2 Å². The molecule has 90 valence electrons. The Morgan fingerprint density at radius 2 is 2.18 bits per heavy atom. The maximum Gasteiger partial charge on any atom is 0.108 e. The van der Waals surface area contributed by atoms with Crippen LogP contribution < -0.4 is 5.32 Å². The zero-order valence-electron chi connectivity index (χ0n) is 9.65. The van der Waals surface area contributed by atoms with Gasteiger partial charge >= 0.3 is 0 Å². The van der Waals surface area contributed by atoms with Crippen LogP contribution in [0.15, 0.2) is 24.3 Å². The molecule has 1 aromatic carbocycles. The molecule has 0 unspecified atom stereocenters. The summed E-state index contributed by atoms with van der Waals surface area (Å²) in [5.74, 6) is 0. The fraction of sp³-hybridized carbons (Fsp3) is 0.462. The molecule has 1 heterocycles. The van der Waals surface area contributed by atoms with Crippen LogP contribution in [0.5, 0.6) is 0 Å². The molecule has 1 aromatic heterocycles. The Hall–Kier alpha value is -0.970. The van der Waals surface area contributed by atoms with Crippen LogP contribution in [0, 0.1) is 5.41 Å². The Kier molecular flexibility index (Phi) is 2.86. The minimum Gasteiger partial charge on any atom is -0.396 e. The highest BCUT2D eigenvalue weighted by Gasteiger charge is 2.41. The van der Waals surface area contributed by atoms with Gasteiger partial charge in [-0.2, -0.15) is 0 Å². The standard InChI is InChI=1S/C13H16N2OS/c16-9-13(5-6-13)8-14-7-12-15-10-3-1-2-4-11(10)17-12/h1-4,14,16H,5-9H2. The fourth-order valence-electron chi connectivity index (χ4n) is 2.00. The molecule has 1 aliphatic rings. The summed E-state index contributed by atoms with van der Waals surface area (Å²) in [6, 6.07) is 8.21. The van der Waals surface area contributed by atoms with Gasteiger partial charge in [0.05, 0.1) is 10.2 Å². The van der Waals surface area contributed by atoms with E-state index in [4.69, 9.17) is 0 Å². The number of benzene rings is 1. The van der Waals surface area contributed by atoms with Gasteiger partial charge in [0.1, 0.15) is 5.01 Å². The van der Waals surface area contributed by atoms with Gasteiger partial charge in [0.25, 0.3) is 0 Å². The van der Waals surface area contributed by atoms with E-state index in [0.29, 0.717) is 6.61 Å². The third-order valence-electron chi connectivity index (χ3n) is 3.41. The van der Waals surface area contributed by atoms with Crippen molar-refractivity contribution >= 4 is 21.6 Å². The smallest absolute Gasteiger partial charge is 0.108 e. The molecular formula is C13H16N2OS. The first-order chi connectivity index (χ1) is 8.31. The number of aliphatic hydroxyl groups is 1. The highest BCUT2D eigenvalue weighted by Crippen LogP contribution is 2.44. The summed E-state index contributed by atoms with van der Waals surface area (Å²) >= 11 is 1.74. The van der Waals surface area contributed by atoms with E-state index in [2.05, 4.69) is 16.4 Å². The number of aromatic nitrogens is 1. The molecule has 2 aromatic rings. The molecule has 0 bridgehead atoms. The fourth-order valence-corrected chi connectivity index (χ4v) is 2.93. The zero-order valence-corrected chi connectivity index (χ0v) is 10.5. The van der Waals surface area contributed by atoms with Crippen molar-refractivity contribution in [1.82, 2.24) is 10.3 Å². The summed E-state index contributed by atoms with van der Waals surface area (Å²) < 4.78 is 1.24. The monoisotopic (exact) mass is 248 g/mol. The molecule has 0 atom stereocenters. The van der Waals surface area contributed by atoms with Crippen molar-refractivity contribution in [2.24, 2.45) is 5.41 Å². The first-order valence-electron chi connectivity index (χ1n) is 5.97. The van der Waals surface area contributed by atoms with Crippen LogP contribution >= 0.6 is 11.3 Å². The van der Waals surface area contributed by atoms with E-state index in [1.807, 2.05) is 18.2 Å². The van der Waals surface area contributed by atoms with E-state index in [1.54, 1.807) is 11.3 Å². The van der Waals surface area contributed by atoms with E-state index < -0.39 is 0 Å². The number of aliphatic hydroxyl groups excluding tert-OH is 1. The molecule has 1 fully saturated rings. The number of nitrogens with one attached hydrogen (secondary N) is 1. The van der Waals surface area contributed by atoms with Gasteiger partial charge in [-0.25, -0.2) is 4.98 Å². The Labute approximate surface area is 105 Å². The maximum absolute atomic E-state index is 9.22. The molecule has 0 radical (unpaired) electrons. The van der Waals surface area contributed by atoms with Crippen molar-refractivity contribution in [3.63, 3.8) is 0 Å². The molecule has 0 amide bonds. The van der Waals surface area contributed by atoms with Crippen LogP contribution in [0.4, 0.5) is 0 Å². The average Bonchev–Trinajstić information content (AvgIpc) is 3.01. The number of nitrogens with zero attached hydrogens (tertiary/aromatic N) is 1. The van der Waals surface area contributed by atoms with Crippen LogP contribution in [0.25, 0.3) is 10.2 Å². The number of hydrogen-bond donors (Lipinski definition) is 2. The van der Waals surface area contributed by atoms with E-state index in [-0.39, 0.29) is 5.41 Å². The van der Waals surface area contributed by atoms with Crippen molar-refractivity contribution < 1.29 is 5.11 Å². The SMILES string of the molecule is OCC1(CNCc2nc3ccccc3s2)CC1.